The highest BCUT2D eigenvalue weighted by Gasteiger charge is 2.25. The highest BCUT2D eigenvalue weighted by atomic mass is 16.3. The summed E-state index contributed by atoms with van der Waals surface area (Å²) in [7, 11) is 4.00. The molecule has 0 aromatic heterocycles. The van der Waals surface area contributed by atoms with E-state index in [1.165, 1.54) is 0 Å². The highest BCUT2D eigenvalue weighted by molar-refractivity contribution is 5.74. The van der Waals surface area contributed by atoms with Crippen LogP contribution in [-0.4, -0.2) is 37.4 Å². The summed E-state index contributed by atoms with van der Waals surface area (Å²) in [5, 5.41) is 15.6. The number of hydrogen-bond acceptors (Lipinski definition) is 3. The summed E-state index contributed by atoms with van der Waals surface area (Å²) in [5.74, 6) is 0.0774. The highest BCUT2D eigenvalue weighted by Crippen LogP contribution is 2.17. The van der Waals surface area contributed by atoms with E-state index in [0.717, 1.165) is 16.8 Å². The van der Waals surface area contributed by atoms with Crippen LogP contribution >= 0.6 is 0 Å². The molecule has 22 heavy (non-hydrogen) atoms. The van der Waals surface area contributed by atoms with Crippen molar-refractivity contribution in [1.82, 2.24) is 10.6 Å². The zero-order valence-electron chi connectivity index (χ0n) is 14.5. The Hall–Kier alpha value is -1.75. The van der Waals surface area contributed by atoms with Crippen molar-refractivity contribution in [3.05, 3.63) is 29.3 Å². The SMILES string of the molecule is Cc1cc(N(C)C)ccc1CNC(=O)NCC(C)(O)C(C)C. The number of aryl methyl sites for hydroxylation is 1. The fraction of sp³-hybridized carbons (Fsp3) is 0.588. The second kappa shape index (κ2) is 7.49. The molecule has 1 unspecified atom stereocenters. The molecule has 5 nitrogen and oxygen atoms in total. The van der Waals surface area contributed by atoms with Crippen LogP contribution in [0.2, 0.25) is 0 Å². The zero-order valence-corrected chi connectivity index (χ0v) is 14.5. The molecular formula is C17H29N3O2. The number of carbonyl (C=O) groups excluding carboxylic acids is 1. The van der Waals surface area contributed by atoms with Crippen LogP contribution in [0.5, 0.6) is 0 Å². The van der Waals surface area contributed by atoms with E-state index < -0.39 is 5.60 Å². The van der Waals surface area contributed by atoms with Gasteiger partial charge in [0, 0.05) is 32.9 Å². The predicted molar refractivity (Wildman–Crippen MR) is 91.2 cm³/mol. The van der Waals surface area contributed by atoms with E-state index in [2.05, 4.69) is 16.7 Å². The molecule has 3 N–H and O–H groups in total. The monoisotopic (exact) mass is 307 g/mol. The van der Waals surface area contributed by atoms with E-state index in [1.807, 2.05) is 51.9 Å². The lowest BCUT2D eigenvalue weighted by Gasteiger charge is -2.27. The van der Waals surface area contributed by atoms with Crippen molar-refractivity contribution in [3.8, 4) is 0 Å². The lowest BCUT2D eigenvalue weighted by molar-refractivity contribution is 0.0166. The Kier molecular flexibility index (Phi) is 6.23. The molecule has 1 aromatic carbocycles. The molecule has 0 radical (unpaired) electrons. The number of nitrogens with zero attached hydrogens (tertiary/aromatic N) is 1. The lowest BCUT2D eigenvalue weighted by Crippen LogP contribution is -2.47. The minimum absolute atomic E-state index is 0.0774. The number of rotatable bonds is 6. The summed E-state index contributed by atoms with van der Waals surface area (Å²) in [6, 6.07) is 5.89. The van der Waals surface area contributed by atoms with Gasteiger partial charge in [0.05, 0.1) is 5.60 Å². The third-order valence-electron chi connectivity index (χ3n) is 4.13. The number of amides is 2. The Morgan fingerprint density at radius 3 is 2.45 bits per heavy atom. The number of aliphatic hydroxyl groups is 1. The third-order valence-corrected chi connectivity index (χ3v) is 4.13. The minimum atomic E-state index is -0.902. The van der Waals surface area contributed by atoms with Gasteiger partial charge in [0.25, 0.3) is 0 Å². The average molecular weight is 307 g/mol. The van der Waals surface area contributed by atoms with Crippen LogP contribution in [0.4, 0.5) is 10.5 Å². The van der Waals surface area contributed by atoms with E-state index >= 15 is 0 Å². The topological polar surface area (TPSA) is 64.6 Å². The van der Waals surface area contributed by atoms with Crippen molar-refractivity contribution in [1.29, 1.82) is 0 Å². The molecule has 0 spiro atoms. The first-order valence-corrected chi connectivity index (χ1v) is 7.64. The summed E-state index contributed by atoms with van der Waals surface area (Å²) in [5.41, 5.74) is 2.45. The standard InChI is InChI=1S/C17H29N3O2/c1-12(2)17(4,22)11-19-16(21)18-10-14-7-8-15(20(5)6)9-13(14)3/h7-9,12,22H,10-11H2,1-6H3,(H2,18,19,21). The van der Waals surface area contributed by atoms with E-state index in [9.17, 15) is 9.90 Å². The molecule has 0 fully saturated rings. The van der Waals surface area contributed by atoms with Gasteiger partial charge in [-0.05, 0) is 43.0 Å². The number of hydrogen-bond donors (Lipinski definition) is 3. The molecule has 0 saturated carbocycles. The molecule has 0 aliphatic heterocycles. The van der Waals surface area contributed by atoms with Crippen LogP contribution in [0.15, 0.2) is 18.2 Å². The van der Waals surface area contributed by atoms with Gasteiger partial charge in [-0.2, -0.15) is 0 Å². The van der Waals surface area contributed by atoms with Gasteiger partial charge in [-0.15, -0.1) is 0 Å². The van der Waals surface area contributed by atoms with Crippen molar-refractivity contribution in [2.24, 2.45) is 5.92 Å². The fourth-order valence-electron chi connectivity index (χ4n) is 1.86. The van der Waals surface area contributed by atoms with E-state index in [4.69, 9.17) is 0 Å². The van der Waals surface area contributed by atoms with Gasteiger partial charge in [0.15, 0.2) is 0 Å². The maximum absolute atomic E-state index is 11.8. The molecular weight excluding hydrogens is 278 g/mol. The lowest BCUT2D eigenvalue weighted by atomic mass is 9.93. The van der Waals surface area contributed by atoms with Gasteiger partial charge in [0.2, 0.25) is 0 Å². The molecule has 0 saturated heterocycles. The molecule has 1 atom stereocenters. The summed E-state index contributed by atoms with van der Waals surface area (Å²) in [4.78, 5) is 13.9. The fourth-order valence-corrected chi connectivity index (χ4v) is 1.86. The molecule has 2 amide bonds. The van der Waals surface area contributed by atoms with Crippen molar-refractivity contribution in [2.75, 3.05) is 25.5 Å². The second-order valence-corrected chi connectivity index (χ2v) is 6.55. The second-order valence-electron chi connectivity index (χ2n) is 6.55. The number of anilines is 1. The summed E-state index contributed by atoms with van der Waals surface area (Å²) < 4.78 is 0. The first kappa shape index (κ1) is 18.3. The predicted octanol–water partition coefficient (Wildman–Crippen LogP) is 2.27. The molecule has 1 rings (SSSR count). The van der Waals surface area contributed by atoms with Crippen molar-refractivity contribution >= 4 is 11.7 Å². The number of urea groups is 1. The average Bonchev–Trinajstić information content (AvgIpc) is 2.43. The van der Waals surface area contributed by atoms with Crippen LogP contribution in [0, 0.1) is 12.8 Å². The zero-order chi connectivity index (χ0) is 16.9. The van der Waals surface area contributed by atoms with Gasteiger partial charge in [-0.1, -0.05) is 19.9 Å². The Balaban J connectivity index is 2.51. The van der Waals surface area contributed by atoms with Crippen LogP contribution in [0.1, 0.15) is 31.9 Å². The number of nitrogens with one attached hydrogen (secondary N) is 2. The van der Waals surface area contributed by atoms with Crippen molar-refractivity contribution in [2.45, 2.75) is 39.8 Å². The first-order valence-electron chi connectivity index (χ1n) is 7.64. The Labute approximate surface area is 133 Å². The smallest absolute Gasteiger partial charge is 0.315 e. The van der Waals surface area contributed by atoms with Gasteiger partial charge in [-0.25, -0.2) is 4.79 Å². The largest absolute Gasteiger partial charge is 0.388 e. The maximum atomic E-state index is 11.8. The Morgan fingerprint density at radius 1 is 1.32 bits per heavy atom. The normalized spacial score (nSPS) is 13.6. The van der Waals surface area contributed by atoms with Gasteiger partial charge in [0.1, 0.15) is 0 Å². The minimum Gasteiger partial charge on any atom is -0.388 e. The quantitative estimate of drug-likeness (QED) is 0.755. The Bertz CT molecular complexity index is 511. The number of carbonyl (C=O) groups is 1. The van der Waals surface area contributed by atoms with E-state index in [0.29, 0.717) is 6.54 Å². The third kappa shape index (κ3) is 5.22. The van der Waals surface area contributed by atoms with Crippen LogP contribution in [-0.2, 0) is 6.54 Å². The molecule has 0 heterocycles. The molecule has 124 valence electrons. The van der Waals surface area contributed by atoms with Crippen LogP contribution in [0.3, 0.4) is 0 Å². The molecule has 0 aliphatic rings. The van der Waals surface area contributed by atoms with Gasteiger partial charge >= 0.3 is 6.03 Å². The Morgan fingerprint density at radius 2 is 1.95 bits per heavy atom. The molecule has 0 aliphatic carbocycles. The summed E-state index contributed by atoms with van der Waals surface area (Å²) in [6.45, 7) is 8.31. The van der Waals surface area contributed by atoms with E-state index in [1.54, 1.807) is 6.92 Å². The molecule has 5 heteroatoms. The molecule has 1 aromatic rings. The molecule has 0 bridgehead atoms. The first-order chi connectivity index (χ1) is 10.1. The van der Waals surface area contributed by atoms with Crippen LogP contribution < -0.4 is 15.5 Å². The summed E-state index contributed by atoms with van der Waals surface area (Å²) >= 11 is 0. The van der Waals surface area contributed by atoms with Crippen molar-refractivity contribution < 1.29 is 9.90 Å². The van der Waals surface area contributed by atoms with E-state index in [-0.39, 0.29) is 18.5 Å². The van der Waals surface area contributed by atoms with Crippen molar-refractivity contribution in [3.63, 3.8) is 0 Å². The maximum Gasteiger partial charge on any atom is 0.315 e. The van der Waals surface area contributed by atoms with Gasteiger partial charge < -0.3 is 20.6 Å². The van der Waals surface area contributed by atoms with Gasteiger partial charge in [-0.3, -0.25) is 0 Å². The number of benzene rings is 1. The summed E-state index contributed by atoms with van der Waals surface area (Å²) in [6.07, 6.45) is 0. The van der Waals surface area contributed by atoms with Crippen LogP contribution in [0.25, 0.3) is 0 Å².